The van der Waals surface area contributed by atoms with Crippen molar-refractivity contribution >= 4 is 17.7 Å². The average Bonchev–Trinajstić information content (AvgIpc) is 2.45. The van der Waals surface area contributed by atoms with Gasteiger partial charge in [-0.3, -0.25) is 0 Å². The lowest BCUT2D eigenvalue weighted by Crippen LogP contribution is -2.38. The smallest absolute Gasteiger partial charge is 0.191 e. The van der Waals surface area contributed by atoms with Gasteiger partial charge in [0, 0.05) is 18.8 Å². The van der Waals surface area contributed by atoms with Gasteiger partial charge in [0.05, 0.1) is 13.7 Å². The maximum atomic E-state index is 13.6. The van der Waals surface area contributed by atoms with E-state index in [1.54, 1.807) is 17.8 Å². The Hall–Kier alpha value is -1.43. The minimum Gasteiger partial charge on any atom is -0.494 e. The van der Waals surface area contributed by atoms with Gasteiger partial charge in [0.15, 0.2) is 17.5 Å². The molecule has 0 saturated carbocycles. The van der Waals surface area contributed by atoms with E-state index >= 15 is 0 Å². The van der Waals surface area contributed by atoms with Crippen LogP contribution in [-0.4, -0.2) is 38.2 Å². The van der Waals surface area contributed by atoms with Crippen LogP contribution in [0.25, 0.3) is 0 Å². The lowest BCUT2D eigenvalue weighted by molar-refractivity contribution is 0.386. The summed E-state index contributed by atoms with van der Waals surface area (Å²) in [7, 11) is 1.45. The molecule has 4 nitrogen and oxygen atoms in total. The van der Waals surface area contributed by atoms with Crippen molar-refractivity contribution in [3.05, 3.63) is 29.6 Å². The normalized spacial score (nSPS) is 11.3. The highest BCUT2D eigenvalue weighted by molar-refractivity contribution is 7.98. The number of ether oxygens (including phenoxy) is 1. The number of thioether (sulfide) groups is 1. The van der Waals surface area contributed by atoms with Gasteiger partial charge in [0.25, 0.3) is 0 Å². The van der Waals surface area contributed by atoms with Crippen LogP contribution in [0.4, 0.5) is 4.39 Å². The van der Waals surface area contributed by atoms with Crippen LogP contribution in [0.1, 0.15) is 12.5 Å². The first-order chi connectivity index (χ1) is 9.71. The molecule has 1 aromatic rings. The second kappa shape index (κ2) is 9.47. The maximum Gasteiger partial charge on any atom is 0.191 e. The van der Waals surface area contributed by atoms with Crippen LogP contribution < -0.4 is 15.4 Å². The molecular formula is C14H22FN3OS. The van der Waals surface area contributed by atoms with E-state index in [9.17, 15) is 4.39 Å². The molecular weight excluding hydrogens is 277 g/mol. The highest BCUT2D eigenvalue weighted by Gasteiger charge is 2.03. The molecule has 0 bridgehead atoms. The van der Waals surface area contributed by atoms with E-state index in [1.807, 2.05) is 13.0 Å². The summed E-state index contributed by atoms with van der Waals surface area (Å²) in [6.45, 7) is 4.08. The third kappa shape index (κ3) is 5.69. The van der Waals surface area contributed by atoms with E-state index in [1.165, 1.54) is 13.2 Å². The molecule has 0 fully saturated rings. The van der Waals surface area contributed by atoms with E-state index < -0.39 is 0 Å². The van der Waals surface area contributed by atoms with E-state index in [0.29, 0.717) is 6.54 Å². The molecule has 0 aromatic heterocycles. The quantitative estimate of drug-likeness (QED) is 0.460. The van der Waals surface area contributed by atoms with E-state index in [2.05, 4.69) is 21.9 Å². The summed E-state index contributed by atoms with van der Waals surface area (Å²) >= 11 is 1.77. The Morgan fingerprint density at radius 3 is 2.80 bits per heavy atom. The Labute approximate surface area is 124 Å². The Morgan fingerprint density at radius 2 is 2.20 bits per heavy atom. The van der Waals surface area contributed by atoms with E-state index in [4.69, 9.17) is 4.74 Å². The molecule has 0 unspecified atom stereocenters. The summed E-state index contributed by atoms with van der Waals surface area (Å²) in [5, 5.41) is 6.39. The molecule has 0 atom stereocenters. The highest BCUT2D eigenvalue weighted by Crippen LogP contribution is 2.17. The number of aliphatic imine (C=N–C) groups is 1. The van der Waals surface area contributed by atoms with Crippen molar-refractivity contribution in [2.75, 3.05) is 32.2 Å². The van der Waals surface area contributed by atoms with Crippen molar-refractivity contribution in [2.24, 2.45) is 4.99 Å². The molecule has 2 N–H and O–H groups in total. The van der Waals surface area contributed by atoms with Crippen LogP contribution in [0.3, 0.4) is 0 Å². The lowest BCUT2D eigenvalue weighted by Gasteiger charge is -2.10. The lowest BCUT2D eigenvalue weighted by atomic mass is 10.2. The summed E-state index contributed by atoms with van der Waals surface area (Å²) in [5.74, 6) is 1.66. The fourth-order valence-electron chi connectivity index (χ4n) is 1.59. The van der Waals surface area contributed by atoms with Crippen LogP contribution in [0.5, 0.6) is 5.75 Å². The van der Waals surface area contributed by atoms with Gasteiger partial charge >= 0.3 is 0 Å². The summed E-state index contributed by atoms with van der Waals surface area (Å²) in [6, 6.07) is 4.89. The number of benzene rings is 1. The standard InChI is InChI=1S/C14H22FN3OS/c1-4-16-14(17-7-8-20-3)18-10-11-5-6-13(19-2)12(15)9-11/h5-6,9H,4,7-8,10H2,1-3H3,(H2,16,17,18). The maximum absolute atomic E-state index is 13.6. The monoisotopic (exact) mass is 299 g/mol. The number of hydrogen-bond acceptors (Lipinski definition) is 3. The molecule has 6 heteroatoms. The first-order valence-corrected chi connectivity index (χ1v) is 7.94. The molecule has 0 aliphatic carbocycles. The number of nitrogens with one attached hydrogen (secondary N) is 2. The second-order valence-electron chi connectivity index (χ2n) is 4.08. The molecule has 1 aromatic carbocycles. The van der Waals surface area contributed by atoms with Crippen LogP contribution >= 0.6 is 11.8 Å². The zero-order valence-corrected chi connectivity index (χ0v) is 13.0. The van der Waals surface area contributed by atoms with E-state index in [-0.39, 0.29) is 11.6 Å². The van der Waals surface area contributed by atoms with Crippen molar-refractivity contribution in [1.82, 2.24) is 10.6 Å². The van der Waals surface area contributed by atoms with Gasteiger partial charge in [-0.1, -0.05) is 6.07 Å². The van der Waals surface area contributed by atoms with Crippen molar-refractivity contribution in [2.45, 2.75) is 13.5 Å². The van der Waals surface area contributed by atoms with Gasteiger partial charge in [-0.05, 0) is 30.9 Å². The van der Waals surface area contributed by atoms with Crippen LogP contribution in [0.2, 0.25) is 0 Å². The Bertz CT molecular complexity index is 440. The third-order valence-corrected chi connectivity index (χ3v) is 3.19. The topological polar surface area (TPSA) is 45.7 Å². The molecule has 0 amide bonds. The van der Waals surface area contributed by atoms with E-state index in [0.717, 1.165) is 30.4 Å². The van der Waals surface area contributed by atoms with Crippen LogP contribution in [-0.2, 0) is 6.54 Å². The number of nitrogens with zero attached hydrogens (tertiary/aromatic N) is 1. The minimum atomic E-state index is -0.361. The Kier molecular flexibility index (Phi) is 7.87. The molecule has 0 aliphatic heterocycles. The van der Waals surface area contributed by atoms with Crippen molar-refractivity contribution in [3.8, 4) is 5.75 Å². The van der Waals surface area contributed by atoms with Gasteiger partial charge in [-0.15, -0.1) is 0 Å². The highest BCUT2D eigenvalue weighted by atomic mass is 32.2. The molecule has 20 heavy (non-hydrogen) atoms. The van der Waals surface area contributed by atoms with Gasteiger partial charge in [-0.25, -0.2) is 9.38 Å². The number of halogens is 1. The van der Waals surface area contributed by atoms with Gasteiger partial charge in [0.1, 0.15) is 0 Å². The van der Waals surface area contributed by atoms with Gasteiger partial charge in [0.2, 0.25) is 0 Å². The van der Waals surface area contributed by atoms with Crippen molar-refractivity contribution in [1.29, 1.82) is 0 Å². The zero-order chi connectivity index (χ0) is 14.8. The molecule has 0 saturated heterocycles. The number of hydrogen-bond donors (Lipinski definition) is 2. The predicted molar refractivity (Wildman–Crippen MR) is 84.2 cm³/mol. The summed E-state index contributed by atoms with van der Waals surface area (Å²) < 4.78 is 18.5. The first kappa shape index (κ1) is 16.6. The molecule has 1 rings (SSSR count). The van der Waals surface area contributed by atoms with Crippen LogP contribution in [0.15, 0.2) is 23.2 Å². The molecule has 112 valence electrons. The molecule has 0 heterocycles. The van der Waals surface area contributed by atoms with Gasteiger partial charge in [-0.2, -0.15) is 11.8 Å². The summed E-state index contributed by atoms with van der Waals surface area (Å²) in [4.78, 5) is 4.43. The Balaban J connectivity index is 2.63. The summed E-state index contributed by atoms with van der Waals surface area (Å²) in [5.41, 5.74) is 0.811. The molecule has 0 radical (unpaired) electrons. The first-order valence-electron chi connectivity index (χ1n) is 6.54. The average molecular weight is 299 g/mol. The zero-order valence-electron chi connectivity index (χ0n) is 12.2. The third-order valence-electron chi connectivity index (χ3n) is 2.58. The number of rotatable bonds is 7. The summed E-state index contributed by atoms with van der Waals surface area (Å²) in [6.07, 6.45) is 2.06. The minimum absolute atomic E-state index is 0.253. The fraction of sp³-hybridized carbons (Fsp3) is 0.500. The van der Waals surface area contributed by atoms with Crippen molar-refractivity contribution in [3.63, 3.8) is 0 Å². The SMILES string of the molecule is CCNC(=NCc1ccc(OC)c(F)c1)NCCSC. The number of guanidine groups is 1. The van der Waals surface area contributed by atoms with Crippen molar-refractivity contribution < 1.29 is 9.13 Å². The molecule has 0 spiro atoms. The fourth-order valence-corrected chi connectivity index (χ4v) is 1.90. The van der Waals surface area contributed by atoms with Crippen LogP contribution in [0, 0.1) is 5.82 Å². The second-order valence-corrected chi connectivity index (χ2v) is 5.07. The van der Waals surface area contributed by atoms with Gasteiger partial charge < -0.3 is 15.4 Å². The Morgan fingerprint density at radius 1 is 1.40 bits per heavy atom. The largest absolute Gasteiger partial charge is 0.494 e. The molecule has 0 aliphatic rings. The number of methoxy groups -OCH3 is 1. The predicted octanol–water partition coefficient (Wildman–Crippen LogP) is 2.25.